The van der Waals surface area contributed by atoms with Crippen LogP contribution in [0.3, 0.4) is 0 Å². The Hall–Kier alpha value is -1.06. The van der Waals surface area contributed by atoms with E-state index in [4.69, 9.17) is 4.74 Å². The zero-order chi connectivity index (χ0) is 10.9. The number of nitrogens with zero attached hydrogens (tertiary/aromatic N) is 1. The second kappa shape index (κ2) is 3.59. The lowest BCUT2D eigenvalue weighted by molar-refractivity contribution is -0.117. The molecule has 1 fully saturated rings. The van der Waals surface area contributed by atoms with Gasteiger partial charge in [-0.05, 0) is 27.7 Å². The molecule has 1 heterocycles. The van der Waals surface area contributed by atoms with Crippen LogP contribution < -0.4 is 0 Å². The molecule has 14 heavy (non-hydrogen) atoms. The summed E-state index contributed by atoms with van der Waals surface area (Å²) in [5.74, 6) is 0.100. The second-order valence-electron chi connectivity index (χ2n) is 4.70. The molecule has 0 N–H and O–H groups in total. The van der Waals surface area contributed by atoms with Crippen molar-refractivity contribution in [3.8, 4) is 0 Å². The van der Waals surface area contributed by atoms with E-state index < -0.39 is 11.7 Å². The Morgan fingerprint density at radius 1 is 1.50 bits per heavy atom. The third kappa shape index (κ3) is 2.72. The fraction of sp³-hybridized carbons (Fsp3) is 0.800. The van der Waals surface area contributed by atoms with Gasteiger partial charge in [0.25, 0.3) is 0 Å². The Morgan fingerprint density at radius 2 is 2.07 bits per heavy atom. The first kappa shape index (κ1) is 11.0. The predicted molar refractivity (Wildman–Crippen MR) is 52.0 cm³/mol. The minimum atomic E-state index is -0.498. The molecule has 1 aliphatic heterocycles. The number of carbonyl (C=O) groups is 2. The van der Waals surface area contributed by atoms with Crippen LogP contribution in [0.2, 0.25) is 0 Å². The van der Waals surface area contributed by atoms with E-state index in [0.29, 0.717) is 6.42 Å². The highest BCUT2D eigenvalue weighted by molar-refractivity contribution is 5.88. The lowest BCUT2D eigenvalue weighted by atomic mass is 10.2. The fourth-order valence-corrected chi connectivity index (χ4v) is 1.42. The van der Waals surface area contributed by atoms with E-state index in [2.05, 4.69) is 0 Å². The highest BCUT2D eigenvalue weighted by atomic mass is 16.6. The van der Waals surface area contributed by atoms with Crippen molar-refractivity contribution in [1.82, 2.24) is 4.90 Å². The quantitative estimate of drug-likeness (QED) is 0.595. The maximum atomic E-state index is 11.6. The molecule has 1 aliphatic rings. The van der Waals surface area contributed by atoms with Crippen molar-refractivity contribution in [2.75, 3.05) is 6.54 Å². The topological polar surface area (TPSA) is 46.6 Å². The van der Waals surface area contributed by atoms with Crippen molar-refractivity contribution in [1.29, 1.82) is 0 Å². The van der Waals surface area contributed by atoms with E-state index in [1.807, 2.05) is 27.7 Å². The van der Waals surface area contributed by atoms with Gasteiger partial charge in [0.2, 0.25) is 0 Å². The van der Waals surface area contributed by atoms with Crippen molar-refractivity contribution in [3.63, 3.8) is 0 Å². The van der Waals surface area contributed by atoms with E-state index in [-0.39, 0.29) is 18.4 Å². The summed E-state index contributed by atoms with van der Waals surface area (Å²) in [6.45, 7) is 7.49. The monoisotopic (exact) mass is 199 g/mol. The van der Waals surface area contributed by atoms with Gasteiger partial charge in [-0.15, -0.1) is 0 Å². The highest BCUT2D eigenvalue weighted by Crippen LogP contribution is 2.17. The SMILES string of the molecule is C[C@@H]1CC(=O)CN1C(=O)OC(C)(C)C. The normalized spacial score (nSPS) is 22.7. The molecule has 1 rings (SSSR count). The predicted octanol–water partition coefficient (Wildman–Crippen LogP) is 1.58. The molecule has 4 heteroatoms. The Labute approximate surface area is 84.2 Å². The van der Waals surface area contributed by atoms with Crippen LogP contribution in [0.5, 0.6) is 0 Å². The van der Waals surface area contributed by atoms with Crippen molar-refractivity contribution in [2.24, 2.45) is 0 Å². The lowest BCUT2D eigenvalue weighted by Crippen LogP contribution is -2.38. The van der Waals surface area contributed by atoms with Crippen LogP contribution in [-0.2, 0) is 9.53 Å². The maximum absolute atomic E-state index is 11.6. The van der Waals surface area contributed by atoms with E-state index in [0.717, 1.165) is 0 Å². The van der Waals surface area contributed by atoms with Gasteiger partial charge in [-0.25, -0.2) is 4.79 Å². The number of carbonyl (C=O) groups excluding carboxylic acids is 2. The molecule has 1 saturated heterocycles. The largest absolute Gasteiger partial charge is 0.444 e. The first-order valence-electron chi connectivity index (χ1n) is 4.81. The number of likely N-dealkylation sites (tertiary alicyclic amines) is 1. The van der Waals surface area contributed by atoms with Gasteiger partial charge in [0.1, 0.15) is 5.60 Å². The third-order valence-corrected chi connectivity index (χ3v) is 2.03. The number of hydrogen-bond acceptors (Lipinski definition) is 3. The van der Waals surface area contributed by atoms with E-state index in [9.17, 15) is 9.59 Å². The van der Waals surface area contributed by atoms with Crippen LogP contribution in [0.15, 0.2) is 0 Å². The molecule has 4 nitrogen and oxygen atoms in total. The fourth-order valence-electron chi connectivity index (χ4n) is 1.42. The van der Waals surface area contributed by atoms with Crippen LogP contribution in [0.25, 0.3) is 0 Å². The Bertz CT molecular complexity index is 255. The average molecular weight is 199 g/mol. The van der Waals surface area contributed by atoms with Gasteiger partial charge in [0.15, 0.2) is 5.78 Å². The summed E-state index contributed by atoms with van der Waals surface area (Å²) in [5.41, 5.74) is -0.498. The molecular formula is C10H17NO3. The number of rotatable bonds is 0. The van der Waals surface area contributed by atoms with Gasteiger partial charge < -0.3 is 4.74 Å². The van der Waals surface area contributed by atoms with Gasteiger partial charge in [-0.2, -0.15) is 0 Å². The minimum absolute atomic E-state index is 0.0302. The molecule has 80 valence electrons. The Kier molecular flexibility index (Phi) is 2.83. The molecule has 0 bridgehead atoms. The third-order valence-electron chi connectivity index (χ3n) is 2.03. The number of hydrogen-bond donors (Lipinski definition) is 0. The van der Waals surface area contributed by atoms with Crippen molar-refractivity contribution in [3.05, 3.63) is 0 Å². The average Bonchev–Trinajstić information content (AvgIpc) is 2.26. The molecule has 0 aromatic heterocycles. The van der Waals surface area contributed by atoms with E-state index in [1.54, 1.807) is 0 Å². The van der Waals surface area contributed by atoms with Crippen LogP contribution in [-0.4, -0.2) is 35.0 Å². The summed E-state index contributed by atoms with van der Waals surface area (Å²) in [7, 11) is 0. The molecule has 1 atom stereocenters. The summed E-state index contributed by atoms with van der Waals surface area (Å²) in [6, 6.07) is -0.0302. The standard InChI is InChI=1S/C10H17NO3/c1-7-5-8(12)6-11(7)9(13)14-10(2,3)4/h7H,5-6H2,1-4H3/t7-/m1/s1. The Balaban J connectivity index is 2.58. The molecule has 0 unspecified atom stereocenters. The van der Waals surface area contributed by atoms with Gasteiger partial charge in [0.05, 0.1) is 6.54 Å². The summed E-state index contributed by atoms with van der Waals surface area (Å²) < 4.78 is 5.18. The number of ether oxygens (including phenoxy) is 1. The molecular weight excluding hydrogens is 182 g/mol. The highest BCUT2D eigenvalue weighted by Gasteiger charge is 2.33. The van der Waals surface area contributed by atoms with E-state index >= 15 is 0 Å². The first-order chi connectivity index (χ1) is 6.29. The molecule has 0 aliphatic carbocycles. The molecule has 0 radical (unpaired) electrons. The zero-order valence-corrected chi connectivity index (χ0v) is 9.16. The summed E-state index contributed by atoms with van der Waals surface area (Å²) in [4.78, 5) is 24.1. The van der Waals surface area contributed by atoms with Crippen molar-refractivity contribution < 1.29 is 14.3 Å². The van der Waals surface area contributed by atoms with Crippen LogP contribution in [0.1, 0.15) is 34.1 Å². The van der Waals surface area contributed by atoms with Gasteiger partial charge in [-0.3, -0.25) is 9.69 Å². The summed E-state index contributed by atoms with van der Waals surface area (Å²) in [5, 5.41) is 0. The molecule has 0 spiro atoms. The van der Waals surface area contributed by atoms with Gasteiger partial charge in [0, 0.05) is 12.5 Å². The molecule has 0 aromatic rings. The van der Waals surface area contributed by atoms with Crippen LogP contribution >= 0.6 is 0 Å². The molecule has 0 saturated carbocycles. The first-order valence-corrected chi connectivity index (χ1v) is 4.81. The van der Waals surface area contributed by atoms with Crippen LogP contribution in [0, 0.1) is 0 Å². The zero-order valence-electron chi connectivity index (χ0n) is 9.16. The van der Waals surface area contributed by atoms with E-state index in [1.165, 1.54) is 4.90 Å². The lowest BCUT2D eigenvalue weighted by Gasteiger charge is -2.26. The molecule has 0 aromatic carbocycles. The number of Topliss-reactive ketones (excluding diaryl/α,β-unsaturated/α-hetero) is 1. The second-order valence-corrected chi connectivity index (χ2v) is 4.70. The van der Waals surface area contributed by atoms with Crippen LogP contribution in [0.4, 0.5) is 4.79 Å². The summed E-state index contributed by atoms with van der Waals surface area (Å²) >= 11 is 0. The summed E-state index contributed by atoms with van der Waals surface area (Å²) in [6.07, 6.45) is 0.0510. The minimum Gasteiger partial charge on any atom is -0.444 e. The van der Waals surface area contributed by atoms with Crippen molar-refractivity contribution in [2.45, 2.75) is 45.8 Å². The molecule has 1 amide bonds. The number of ketones is 1. The van der Waals surface area contributed by atoms with Gasteiger partial charge >= 0.3 is 6.09 Å². The van der Waals surface area contributed by atoms with Crippen molar-refractivity contribution >= 4 is 11.9 Å². The maximum Gasteiger partial charge on any atom is 0.410 e. The van der Waals surface area contributed by atoms with Gasteiger partial charge in [-0.1, -0.05) is 0 Å². The number of amides is 1. The Morgan fingerprint density at radius 3 is 2.43 bits per heavy atom. The smallest absolute Gasteiger partial charge is 0.410 e.